The number of carbonyl (C=O) groups is 4. The molecule has 19 heteroatoms. The minimum absolute atomic E-state index is 0.0761. The van der Waals surface area contributed by atoms with E-state index in [0.717, 1.165) is 205 Å². The van der Waals surface area contributed by atoms with E-state index in [4.69, 9.17) is 37.0 Å². The molecule has 588 valence electrons. The van der Waals surface area contributed by atoms with Gasteiger partial charge < -0.3 is 33.8 Å². The molecule has 0 fully saturated rings. The van der Waals surface area contributed by atoms with Crippen LogP contribution in [0, 0.1) is 0 Å². The molecule has 0 aliphatic carbocycles. The van der Waals surface area contributed by atoms with E-state index < -0.39 is 97.5 Å². The molecule has 0 amide bonds. The average Bonchev–Trinajstić information content (AvgIpc) is 0.909. The highest BCUT2D eigenvalue weighted by molar-refractivity contribution is 7.47. The van der Waals surface area contributed by atoms with Gasteiger partial charge in [-0.25, -0.2) is 9.13 Å². The van der Waals surface area contributed by atoms with Crippen LogP contribution in [-0.4, -0.2) is 96.7 Å². The molecule has 5 atom stereocenters. The molecule has 5 unspecified atom stereocenters. The lowest BCUT2D eigenvalue weighted by Crippen LogP contribution is -2.30. The van der Waals surface area contributed by atoms with Crippen molar-refractivity contribution >= 4 is 39.5 Å². The van der Waals surface area contributed by atoms with Gasteiger partial charge in [0.05, 0.1) is 26.4 Å². The molecule has 0 aromatic heterocycles. The molecule has 0 aliphatic rings. The van der Waals surface area contributed by atoms with Gasteiger partial charge in [0.25, 0.3) is 0 Å². The first-order valence-electron chi connectivity index (χ1n) is 40.1. The number of ether oxygens (including phenoxy) is 4. The number of carbonyl (C=O) groups excluding carboxylic acids is 4. The normalized spacial score (nSPS) is 14.5. The Labute approximate surface area is 619 Å². The third-order valence-corrected chi connectivity index (χ3v) is 18.6. The van der Waals surface area contributed by atoms with E-state index in [1.165, 1.54) is 51.4 Å². The summed E-state index contributed by atoms with van der Waals surface area (Å²) in [4.78, 5) is 73.0. The first-order chi connectivity index (χ1) is 49.7. The van der Waals surface area contributed by atoms with Crippen molar-refractivity contribution in [2.24, 2.45) is 0 Å². The molecule has 0 aromatic rings. The average molecular weight is 1480 g/mol. The number of phosphoric acid groups is 2. The van der Waals surface area contributed by atoms with Crippen LogP contribution in [0.15, 0.2) is 109 Å². The molecule has 0 radical (unpaired) electrons. The lowest BCUT2D eigenvalue weighted by molar-refractivity contribution is -0.161. The second-order valence-electron chi connectivity index (χ2n) is 26.6. The number of unbranched alkanes of at least 4 members (excludes halogenated alkanes) is 31. The first kappa shape index (κ1) is 97.7. The minimum atomic E-state index is -4.98. The van der Waals surface area contributed by atoms with Crippen LogP contribution in [-0.2, 0) is 65.4 Å². The number of hydrogen-bond acceptors (Lipinski definition) is 15. The molecule has 0 saturated heterocycles. The number of rotatable bonds is 75. The van der Waals surface area contributed by atoms with Crippen molar-refractivity contribution in [3.63, 3.8) is 0 Å². The van der Waals surface area contributed by atoms with Gasteiger partial charge in [0, 0.05) is 25.7 Å². The number of phosphoric ester groups is 2. The van der Waals surface area contributed by atoms with E-state index >= 15 is 0 Å². The fourth-order valence-electron chi connectivity index (χ4n) is 10.7. The molecule has 0 saturated carbocycles. The summed E-state index contributed by atoms with van der Waals surface area (Å²) in [5.41, 5.74) is 0. The summed E-state index contributed by atoms with van der Waals surface area (Å²) < 4.78 is 68.6. The lowest BCUT2D eigenvalue weighted by Gasteiger charge is -2.21. The van der Waals surface area contributed by atoms with Crippen molar-refractivity contribution in [3.05, 3.63) is 109 Å². The maximum absolute atomic E-state index is 13.1. The zero-order chi connectivity index (χ0) is 74.6. The van der Waals surface area contributed by atoms with Crippen LogP contribution in [0.5, 0.6) is 0 Å². The first-order valence-corrected chi connectivity index (χ1v) is 43.1. The van der Waals surface area contributed by atoms with Crippen LogP contribution in [0.2, 0.25) is 0 Å². The number of aliphatic hydroxyl groups excluding tert-OH is 1. The zero-order valence-corrected chi connectivity index (χ0v) is 66.0. The van der Waals surface area contributed by atoms with Gasteiger partial charge in [-0.3, -0.25) is 37.3 Å². The topological polar surface area (TPSA) is 237 Å². The predicted octanol–water partition coefficient (Wildman–Crippen LogP) is 23.3. The summed E-state index contributed by atoms with van der Waals surface area (Å²) in [6.07, 6.45) is 80.6. The molecule has 17 nitrogen and oxygen atoms in total. The molecular weight excluding hydrogens is 1330 g/mol. The Morgan fingerprint density at radius 1 is 0.284 bits per heavy atom. The molecule has 0 aliphatic heterocycles. The second-order valence-corrected chi connectivity index (χ2v) is 29.5. The smallest absolute Gasteiger partial charge is 0.462 e. The summed E-state index contributed by atoms with van der Waals surface area (Å²) in [6.45, 7) is 4.58. The Kier molecular flexibility index (Phi) is 71.8. The highest BCUT2D eigenvalue weighted by Gasteiger charge is 2.30. The fourth-order valence-corrected chi connectivity index (χ4v) is 12.3. The molecule has 0 spiro atoms. The maximum Gasteiger partial charge on any atom is 0.472 e. The standard InChI is InChI=1S/C83H144O17P2/c1-5-9-13-17-21-25-29-33-35-37-38-40-42-46-48-52-56-60-64-68-81(86)94-74-79(100-83(88)70-66-62-58-54-50-44-32-28-24-20-16-12-8-4)76-98-102(91,92)96-72-77(84)71-95-101(89,90)97-75-78(99-82(87)69-65-61-57-53-49-43-31-27-23-19-15-11-7-3)73-93-80(85)67-63-59-55-51-47-45-41-39-36-34-30-26-22-18-14-10-6-2/h9-10,13-15,19,21-22,25-27,31,33-36,38,40,77-79,84H,5-8,11-12,16-18,20,23-24,28-30,32,37,39,41-76H2,1-4H3,(H,89,90)(H,91,92)/b13-9-,14-10-,19-15-,25-21-,26-22-,31-27-,35-33-,36-34-,40-38-. The summed E-state index contributed by atoms with van der Waals surface area (Å²) >= 11 is 0. The number of esters is 4. The van der Waals surface area contributed by atoms with E-state index in [-0.39, 0.29) is 25.7 Å². The van der Waals surface area contributed by atoms with Crippen LogP contribution >= 0.6 is 15.6 Å². The van der Waals surface area contributed by atoms with E-state index in [1.54, 1.807) is 0 Å². The van der Waals surface area contributed by atoms with Crippen LogP contribution in [0.1, 0.15) is 336 Å². The van der Waals surface area contributed by atoms with Gasteiger partial charge in [-0.2, -0.15) is 0 Å². The highest BCUT2D eigenvalue weighted by atomic mass is 31.2. The van der Waals surface area contributed by atoms with Crippen molar-refractivity contribution in [2.75, 3.05) is 39.6 Å². The SMILES string of the molecule is CC/C=C\C/C=C\C/C=C\C/C=C\CCCCCCCCC(=O)OCC(COP(=O)(O)OCC(O)COP(=O)(O)OCC(COC(=O)CCCCCCCCC/C=C\C/C=C\C/C=C\CC)OC(=O)CCCCCCC/C=C\C/C=C\CCC)OC(=O)CCCCCCCCCCCCCCC. The third kappa shape index (κ3) is 74.0. The Bertz CT molecular complexity index is 2360. The quantitative estimate of drug-likeness (QED) is 0.0169. The van der Waals surface area contributed by atoms with Gasteiger partial charge in [0.1, 0.15) is 19.3 Å². The number of hydrogen-bond donors (Lipinski definition) is 3. The van der Waals surface area contributed by atoms with Crippen LogP contribution in [0.3, 0.4) is 0 Å². The van der Waals surface area contributed by atoms with Crippen LogP contribution < -0.4 is 0 Å². The van der Waals surface area contributed by atoms with Gasteiger partial charge in [0.2, 0.25) is 0 Å². The molecule has 0 heterocycles. The molecule has 0 aromatic carbocycles. The highest BCUT2D eigenvalue weighted by Crippen LogP contribution is 2.45. The van der Waals surface area contributed by atoms with Crippen molar-refractivity contribution < 1.29 is 80.2 Å². The van der Waals surface area contributed by atoms with Gasteiger partial charge >= 0.3 is 39.5 Å². The second kappa shape index (κ2) is 75.0. The Morgan fingerprint density at radius 3 is 0.824 bits per heavy atom. The molecule has 3 N–H and O–H groups in total. The van der Waals surface area contributed by atoms with Crippen LogP contribution in [0.25, 0.3) is 0 Å². The van der Waals surface area contributed by atoms with Crippen molar-refractivity contribution in [2.45, 2.75) is 354 Å². The van der Waals surface area contributed by atoms with E-state index in [1.807, 2.05) is 0 Å². The van der Waals surface area contributed by atoms with Crippen LogP contribution in [0.4, 0.5) is 0 Å². The lowest BCUT2D eigenvalue weighted by atomic mass is 10.0. The van der Waals surface area contributed by atoms with E-state index in [9.17, 15) is 43.2 Å². The van der Waals surface area contributed by atoms with Crippen molar-refractivity contribution in [1.82, 2.24) is 0 Å². The Balaban J connectivity index is 5.33. The summed E-state index contributed by atoms with van der Waals surface area (Å²) in [6, 6.07) is 0. The summed E-state index contributed by atoms with van der Waals surface area (Å²) in [5.74, 6) is -2.20. The monoisotopic (exact) mass is 1470 g/mol. The van der Waals surface area contributed by atoms with Gasteiger partial charge in [-0.05, 0) is 122 Å². The molecule has 0 rings (SSSR count). The summed E-state index contributed by atoms with van der Waals surface area (Å²) in [7, 11) is -9.96. The largest absolute Gasteiger partial charge is 0.472 e. The van der Waals surface area contributed by atoms with Gasteiger partial charge in [-0.1, -0.05) is 298 Å². The fraction of sp³-hybridized carbons (Fsp3) is 0.735. The maximum atomic E-state index is 13.1. The minimum Gasteiger partial charge on any atom is -0.462 e. The van der Waals surface area contributed by atoms with Gasteiger partial charge in [-0.15, -0.1) is 0 Å². The Hall–Kier alpha value is -4.28. The number of aliphatic hydroxyl groups is 1. The third-order valence-electron chi connectivity index (χ3n) is 16.7. The molecular formula is C83H144O17P2. The van der Waals surface area contributed by atoms with E-state index in [0.29, 0.717) is 25.7 Å². The Morgan fingerprint density at radius 2 is 0.529 bits per heavy atom. The zero-order valence-electron chi connectivity index (χ0n) is 64.3. The molecule has 0 bridgehead atoms. The van der Waals surface area contributed by atoms with Crippen molar-refractivity contribution in [1.29, 1.82) is 0 Å². The predicted molar refractivity (Wildman–Crippen MR) is 418 cm³/mol. The van der Waals surface area contributed by atoms with Crippen molar-refractivity contribution in [3.8, 4) is 0 Å². The summed E-state index contributed by atoms with van der Waals surface area (Å²) in [5, 5.41) is 10.6. The number of allylic oxidation sites excluding steroid dienone is 18. The molecule has 102 heavy (non-hydrogen) atoms. The van der Waals surface area contributed by atoms with E-state index in [2.05, 4.69) is 137 Å². The van der Waals surface area contributed by atoms with Gasteiger partial charge in [0.15, 0.2) is 12.2 Å².